The monoisotopic (exact) mass is 433 g/mol. The van der Waals surface area contributed by atoms with Gasteiger partial charge >= 0.3 is 0 Å². The van der Waals surface area contributed by atoms with Gasteiger partial charge < -0.3 is 14.7 Å². The minimum absolute atomic E-state index is 0.0791. The van der Waals surface area contributed by atoms with Crippen LogP contribution >= 0.6 is 11.6 Å². The summed E-state index contributed by atoms with van der Waals surface area (Å²) in [6.07, 6.45) is 1.77. The van der Waals surface area contributed by atoms with E-state index < -0.39 is 5.82 Å². The van der Waals surface area contributed by atoms with E-state index in [1.54, 1.807) is 25.2 Å². The Kier molecular flexibility index (Phi) is 5.94. The highest BCUT2D eigenvalue weighted by Crippen LogP contribution is 2.26. The van der Waals surface area contributed by atoms with Crippen LogP contribution in [0.5, 0.6) is 0 Å². The lowest BCUT2D eigenvalue weighted by molar-refractivity contribution is -0.136. The van der Waals surface area contributed by atoms with Gasteiger partial charge in [0.25, 0.3) is 5.56 Å². The first kappa shape index (κ1) is 20.7. The molecule has 0 saturated carbocycles. The van der Waals surface area contributed by atoms with E-state index in [4.69, 9.17) is 11.6 Å². The average Bonchev–Trinajstić information content (AvgIpc) is 2.77. The van der Waals surface area contributed by atoms with Crippen LogP contribution in [0, 0.1) is 11.7 Å². The minimum Gasteiger partial charge on any atom is -0.368 e. The Hall–Kier alpha value is -2.61. The predicted octanol–water partition coefficient (Wildman–Crippen LogP) is 2.14. The number of halogens is 2. The molecular formula is C21H25ClFN5O2. The molecule has 2 aliphatic rings. The SMILES string of the molecule is Cn1nc(N2CCCC(C(=O)N3CCN(c4ccc(F)c(Cl)c4)CC3)C2)ccc1=O. The molecule has 160 valence electrons. The molecule has 1 amide bonds. The average molecular weight is 434 g/mol. The van der Waals surface area contributed by atoms with Gasteiger partial charge in [0.2, 0.25) is 5.91 Å². The number of benzene rings is 1. The lowest BCUT2D eigenvalue weighted by Gasteiger charge is -2.40. The predicted molar refractivity (Wildman–Crippen MR) is 115 cm³/mol. The van der Waals surface area contributed by atoms with Crippen LogP contribution in [0.2, 0.25) is 5.02 Å². The van der Waals surface area contributed by atoms with Gasteiger partial charge in [0.1, 0.15) is 11.6 Å². The molecule has 0 aliphatic carbocycles. The molecule has 2 saturated heterocycles. The summed E-state index contributed by atoms with van der Waals surface area (Å²) in [6.45, 7) is 4.07. The standard InChI is InChI=1S/C21H25ClFN5O2/c1-25-20(29)7-6-19(24-25)28-8-2-3-15(14-28)21(30)27-11-9-26(10-12-27)16-4-5-18(23)17(22)13-16/h4-7,13,15H,2-3,8-12,14H2,1H3. The van der Waals surface area contributed by atoms with Gasteiger partial charge in [-0.3, -0.25) is 9.59 Å². The molecule has 1 atom stereocenters. The lowest BCUT2D eigenvalue weighted by atomic mass is 9.96. The van der Waals surface area contributed by atoms with Gasteiger partial charge in [-0.1, -0.05) is 11.6 Å². The molecular weight excluding hydrogens is 409 g/mol. The van der Waals surface area contributed by atoms with Crippen molar-refractivity contribution in [1.29, 1.82) is 0 Å². The second-order valence-corrected chi connectivity index (χ2v) is 8.26. The number of hydrogen-bond donors (Lipinski definition) is 0. The maximum Gasteiger partial charge on any atom is 0.266 e. The molecule has 0 bridgehead atoms. The van der Waals surface area contributed by atoms with Crippen LogP contribution in [0.15, 0.2) is 35.1 Å². The first-order valence-electron chi connectivity index (χ1n) is 10.2. The number of aromatic nitrogens is 2. The molecule has 2 fully saturated rings. The number of anilines is 2. The number of carbonyl (C=O) groups is 1. The number of amides is 1. The van der Waals surface area contributed by atoms with Gasteiger partial charge in [-0.05, 0) is 37.1 Å². The summed E-state index contributed by atoms with van der Waals surface area (Å²) in [5.41, 5.74) is 0.724. The van der Waals surface area contributed by atoms with E-state index in [9.17, 15) is 14.0 Å². The molecule has 0 spiro atoms. The molecule has 2 aromatic rings. The summed E-state index contributed by atoms with van der Waals surface area (Å²) in [5, 5.41) is 4.43. The zero-order valence-corrected chi connectivity index (χ0v) is 17.7. The van der Waals surface area contributed by atoms with Crippen molar-refractivity contribution in [3.8, 4) is 0 Å². The lowest BCUT2D eigenvalue weighted by Crippen LogP contribution is -2.52. The van der Waals surface area contributed by atoms with Crippen molar-refractivity contribution < 1.29 is 9.18 Å². The van der Waals surface area contributed by atoms with Gasteiger partial charge in [0.15, 0.2) is 0 Å². The summed E-state index contributed by atoms with van der Waals surface area (Å²) in [5.74, 6) is 0.391. The van der Waals surface area contributed by atoms with Gasteiger partial charge in [-0.15, -0.1) is 0 Å². The number of nitrogens with zero attached hydrogens (tertiary/aromatic N) is 5. The second kappa shape index (κ2) is 8.63. The summed E-state index contributed by atoms with van der Waals surface area (Å²) >= 11 is 5.90. The van der Waals surface area contributed by atoms with Gasteiger partial charge in [-0.25, -0.2) is 9.07 Å². The molecule has 0 radical (unpaired) electrons. The molecule has 2 aliphatic heterocycles. The minimum atomic E-state index is -0.427. The van der Waals surface area contributed by atoms with Crippen LogP contribution in [0.1, 0.15) is 12.8 Å². The molecule has 3 heterocycles. The van der Waals surface area contributed by atoms with Crippen molar-refractivity contribution in [1.82, 2.24) is 14.7 Å². The molecule has 4 rings (SSSR count). The fourth-order valence-electron chi connectivity index (χ4n) is 4.17. The fourth-order valence-corrected chi connectivity index (χ4v) is 4.35. The Bertz CT molecular complexity index is 990. The summed E-state index contributed by atoms with van der Waals surface area (Å²) in [4.78, 5) is 30.8. The highest BCUT2D eigenvalue weighted by molar-refractivity contribution is 6.31. The molecule has 1 unspecified atom stereocenters. The summed E-state index contributed by atoms with van der Waals surface area (Å²) < 4.78 is 14.7. The Morgan fingerprint density at radius 1 is 1.10 bits per heavy atom. The van der Waals surface area contributed by atoms with Crippen molar-refractivity contribution in [3.05, 3.63) is 51.5 Å². The molecule has 7 nitrogen and oxygen atoms in total. The highest BCUT2D eigenvalue weighted by atomic mass is 35.5. The van der Waals surface area contributed by atoms with Crippen molar-refractivity contribution in [2.24, 2.45) is 13.0 Å². The van der Waals surface area contributed by atoms with Crippen LogP contribution in [0.3, 0.4) is 0 Å². The van der Waals surface area contributed by atoms with E-state index in [0.29, 0.717) is 32.7 Å². The second-order valence-electron chi connectivity index (χ2n) is 7.85. The first-order chi connectivity index (χ1) is 14.4. The molecule has 30 heavy (non-hydrogen) atoms. The van der Waals surface area contributed by atoms with Gasteiger partial charge in [0, 0.05) is 58.1 Å². The third kappa shape index (κ3) is 4.28. The third-order valence-corrected chi connectivity index (χ3v) is 6.19. The summed E-state index contributed by atoms with van der Waals surface area (Å²) in [6, 6.07) is 7.96. The van der Waals surface area contributed by atoms with Gasteiger partial charge in [-0.2, -0.15) is 5.10 Å². The van der Waals surface area contributed by atoms with Gasteiger partial charge in [0.05, 0.1) is 10.9 Å². The third-order valence-electron chi connectivity index (χ3n) is 5.90. The Balaban J connectivity index is 1.37. The number of piperidine rings is 1. The molecule has 1 aromatic heterocycles. The van der Waals surface area contributed by atoms with Crippen LogP contribution in [-0.2, 0) is 11.8 Å². The zero-order chi connectivity index (χ0) is 21.3. The van der Waals surface area contributed by atoms with Crippen LogP contribution in [0.4, 0.5) is 15.9 Å². The largest absolute Gasteiger partial charge is 0.368 e. The zero-order valence-electron chi connectivity index (χ0n) is 16.9. The number of hydrogen-bond acceptors (Lipinski definition) is 5. The normalized spacial score (nSPS) is 19.8. The van der Waals surface area contributed by atoms with E-state index in [2.05, 4.69) is 14.9 Å². The van der Waals surface area contributed by atoms with E-state index >= 15 is 0 Å². The number of piperazine rings is 1. The molecule has 1 aromatic carbocycles. The van der Waals surface area contributed by atoms with E-state index in [1.807, 2.05) is 4.90 Å². The van der Waals surface area contributed by atoms with E-state index in [1.165, 1.54) is 16.8 Å². The van der Waals surface area contributed by atoms with Crippen LogP contribution < -0.4 is 15.4 Å². The Labute approximate surface area is 179 Å². The topological polar surface area (TPSA) is 61.7 Å². The van der Waals surface area contributed by atoms with E-state index in [0.717, 1.165) is 30.9 Å². The van der Waals surface area contributed by atoms with Crippen molar-refractivity contribution in [3.63, 3.8) is 0 Å². The van der Waals surface area contributed by atoms with Crippen molar-refractivity contribution >= 4 is 29.0 Å². The van der Waals surface area contributed by atoms with Crippen LogP contribution in [0.25, 0.3) is 0 Å². The number of rotatable bonds is 3. The van der Waals surface area contributed by atoms with Crippen LogP contribution in [-0.4, -0.2) is 59.9 Å². The summed E-state index contributed by atoms with van der Waals surface area (Å²) in [7, 11) is 1.63. The smallest absolute Gasteiger partial charge is 0.266 e. The molecule has 0 N–H and O–H groups in total. The Morgan fingerprint density at radius 3 is 2.57 bits per heavy atom. The first-order valence-corrected chi connectivity index (χ1v) is 10.6. The highest BCUT2D eigenvalue weighted by Gasteiger charge is 2.31. The Morgan fingerprint density at radius 2 is 1.87 bits per heavy atom. The van der Waals surface area contributed by atoms with E-state index in [-0.39, 0.29) is 22.4 Å². The number of carbonyl (C=O) groups excluding carboxylic acids is 1. The van der Waals surface area contributed by atoms with Crippen molar-refractivity contribution in [2.75, 3.05) is 49.1 Å². The number of aryl methyl sites for hydroxylation is 1. The fraction of sp³-hybridized carbons (Fsp3) is 0.476. The maximum atomic E-state index is 13.4. The molecule has 9 heteroatoms. The quantitative estimate of drug-likeness (QED) is 0.742. The maximum absolute atomic E-state index is 13.4. The van der Waals surface area contributed by atoms with Crippen molar-refractivity contribution in [2.45, 2.75) is 12.8 Å².